The Kier molecular flexibility index (Phi) is 5.93. The maximum absolute atomic E-state index is 13.5. The molecule has 5 rings (SSSR count). The highest BCUT2D eigenvalue weighted by atomic mass is 79.9. The van der Waals surface area contributed by atoms with E-state index >= 15 is 0 Å². The molecule has 2 aromatic heterocycles. The minimum atomic E-state index is -4.56. The number of nitrogens with one attached hydrogen (secondary N) is 2. The van der Waals surface area contributed by atoms with E-state index in [0.29, 0.717) is 37.2 Å². The lowest BCUT2D eigenvalue weighted by Crippen LogP contribution is -2.43. The highest BCUT2D eigenvalue weighted by molar-refractivity contribution is 9.10. The van der Waals surface area contributed by atoms with Crippen LogP contribution in [-0.4, -0.2) is 38.2 Å². The maximum atomic E-state index is 13.5. The molecule has 0 bridgehead atoms. The molecule has 0 radical (unpaired) electrons. The molecule has 2 N–H and O–H groups in total. The van der Waals surface area contributed by atoms with Crippen molar-refractivity contribution in [1.82, 2.24) is 24.5 Å². The molecule has 1 aromatic carbocycles. The van der Waals surface area contributed by atoms with Crippen molar-refractivity contribution in [2.24, 2.45) is 0 Å². The number of halogens is 5. The third-order valence-corrected chi connectivity index (χ3v) is 6.93. The average Bonchev–Trinajstić information content (AvgIpc) is 3.30. The fourth-order valence-electron chi connectivity index (χ4n) is 4.83. The van der Waals surface area contributed by atoms with E-state index in [9.17, 15) is 22.8 Å². The largest absolute Gasteiger partial charge is 0.416 e. The molecule has 3 aromatic rings. The summed E-state index contributed by atoms with van der Waals surface area (Å²) >= 11 is 9.19. The molecule has 0 saturated carbocycles. The van der Waals surface area contributed by atoms with Crippen LogP contribution in [0, 0.1) is 0 Å². The summed E-state index contributed by atoms with van der Waals surface area (Å²) in [5, 5.41) is 9.70. The number of carbonyl (C=O) groups excluding carboxylic acids is 1. The van der Waals surface area contributed by atoms with Crippen molar-refractivity contribution < 1.29 is 22.7 Å². The van der Waals surface area contributed by atoms with E-state index in [-0.39, 0.29) is 33.3 Å². The van der Waals surface area contributed by atoms with Gasteiger partial charge in [0, 0.05) is 0 Å². The number of amides is 1. The first-order chi connectivity index (χ1) is 16.5. The van der Waals surface area contributed by atoms with Gasteiger partial charge in [-0.05, 0) is 67.0 Å². The highest BCUT2D eigenvalue weighted by Crippen LogP contribution is 2.47. The smallest absolute Gasteiger partial charge is 0.361 e. The van der Waals surface area contributed by atoms with Crippen LogP contribution in [0.5, 0.6) is 0 Å². The standard InChI is InChI=1S/C21H19BrClF3N6O3/c1-10-16-15(20(35-10)4-6-27-7-5-20)17(34)32-19(29-18(22)30-32)31(16)9-14(33)28-13-3-2-11(8-12(13)23)21(24,25)26/h2-3,8,10,27H,4-7,9H2,1H3,(H,28,33). The summed E-state index contributed by atoms with van der Waals surface area (Å²) in [6.45, 7) is 2.84. The monoisotopic (exact) mass is 574 g/mol. The maximum Gasteiger partial charge on any atom is 0.416 e. The molecule has 0 aliphatic carbocycles. The Morgan fingerprint density at radius 3 is 2.74 bits per heavy atom. The number of hydrogen-bond acceptors (Lipinski definition) is 6. The van der Waals surface area contributed by atoms with Gasteiger partial charge in [0.25, 0.3) is 5.56 Å². The van der Waals surface area contributed by atoms with Gasteiger partial charge in [-0.3, -0.25) is 9.59 Å². The van der Waals surface area contributed by atoms with Crippen molar-refractivity contribution >= 4 is 44.9 Å². The molecule has 2 aliphatic heterocycles. The van der Waals surface area contributed by atoms with E-state index in [1.807, 2.05) is 0 Å². The second-order valence-electron chi connectivity index (χ2n) is 8.49. The van der Waals surface area contributed by atoms with Gasteiger partial charge in [0.1, 0.15) is 12.1 Å². The third kappa shape index (κ3) is 4.13. The van der Waals surface area contributed by atoms with E-state index in [1.54, 1.807) is 11.5 Å². The van der Waals surface area contributed by atoms with Crippen molar-refractivity contribution in [3.05, 3.63) is 55.1 Å². The van der Waals surface area contributed by atoms with Gasteiger partial charge < -0.3 is 19.9 Å². The number of fused-ring (bicyclic) bond motifs is 3. The lowest BCUT2D eigenvalue weighted by molar-refractivity contribution is -0.137. The van der Waals surface area contributed by atoms with Crippen LogP contribution < -0.4 is 16.2 Å². The summed E-state index contributed by atoms with van der Waals surface area (Å²) in [7, 11) is 0. The number of ether oxygens (including phenoxy) is 1. The molecule has 1 fully saturated rings. The Labute approximate surface area is 209 Å². The van der Waals surface area contributed by atoms with Gasteiger partial charge in [-0.2, -0.15) is 22.7 Å². The van der Waals surface area contributed by atoms with Crippen LogP contribution in [-0.2, 0) is 27.9 Å². The lowest BCUT2D eigenvalue weighted by Gasteiger charge is -2.33. The molecule has 9 nitrogen and oxygen atoms in total. The van der Waals surface area contributed by atoms with Crippen LogP contribution >= 0.6 is 27.5 Å². The number of hydrogen-bond donors (Lipinski definition) is 2. The van der Waals surface area contributed by atoms with Gasteiger partial charge in [0.2, 0.25) is 16.4 Å². The van der Waals surface area contributed by atoms with Crippen molar-refractivity contribution in [3.8, 4) is 0 Å². The number of alkyl halides is 3. The van der Waals surface area contributed by atoms with Crippen LogP contribution in [0.15, 0.2) is 27.7 Å². The molecule has 14 heteroatoms. The Morgan fingerprint density at radius 1 is 1.37 bits per heavy atom. The number of piperidine rings is 1. The zero-order valence-corrected chi connectivity index (χ0v) is 20.6. The highest BCUT2D eigenvalue weighted by Gasteiger charge is 2.49. The molecule has 1 amide bonds. The van der Waals surface area contributed by atoms with Gasteiger partial charge in [-0.15, -0.1) is 5.10 Å². The van der Waals surface area contributed by atoms with Crippen LogP contribution in [0.1, 0.15) is 42.7 Å². The zero-order valence-electron chi connectivity index (χ0n) is 18.2. The topological polar surface area (TPSA) is 103 Å². The Balaban J connectivity index is 1.55. The van der Waals surface area contributed by atoms with E-state index < -0.39 is 29.4 Å². The predicted octanol–water partition coefficient (Wildman–Crippen LogP) is 3.63. The number of nitrogens with zero attached hydrogens (tertiary/aromatic N) is 4. The second kappa shape index (κ2) is 8.57. The normalized spacial score (nSPS) is 19.3. The number of benzene rings is 1. The van der Waals surface area contributed by atoms with Gasteiger partial charge in [0.05, 0.1) is 33.6 Å². The van der Waals surface area contributed by atoms with Crippen molar-refractivity contribution in [2.75, 3.05) is 18.4 Å². The van der Waals surface area contributed by atoms with Crippen molar-refractivity contribution in [1.29, 1.82) is 0 Å². The molecule has 186 valence electrons. The van der Waals surface area contributed by atoms with E-state index in [2.05, 4.69) is 36.6 Å². The van der Waals surface area contributed by atoms with Gasteiger partial charge in [0.15, 0.2) is 0 Å². The Hall–Kier alpha value is -2.48. The summed E-state index contributed by atoms with van der Waals surface area (Å²) in [5.74, 6) is -0.437. The fourth-order valence-corrected chi connectivity index (χ4v) is 5.38. The predicted molar refractivity (Wildman–Crippen MR) is 123 cm³/mol. The van der Waals surface area contributed by atoms with Crippen LogP contribution in [0.25, 0.3) is 5.78 Å². The van der Waals surface area contributed by atoms with Gasteiger partial charge in [-0.1, -0.05) is 11.6 Å². The number of rotatable bonds is 3. The van der Waals surface area contributed by atoms with E-state index in [1.165, 1.54) is 0 Å². The fraction of sp³-hybridized carbons (Fsp3) is 0.429. The number of carbonyl (C=O) groups is 1. The van der Waals surface area contributed by atoms with E-state index in [4.69, 9.17) is 16.3 Å². The first kappa shape index (κ1) is 24.2. The Bertz CT molecular complexity index is 1400. The van der Waals surface area contributed by atoms with E-state index in [0.717, 1.165) is 22.7 Å². The molecule has 4 heterocycles. The summed E-state index contributed by atoms with van der Waals surface area (Å²) < 4.78 is 48.0. The molecule has 35 heavy (non-hydrogen) atoms. The molecule has 1 spiro atoms. The minimum absolute atomic E-state index is 0.0279. The number of anilines is 1. The summed E-state index contributed by atoms with van der Waals surface area (Å²) in [4.78, 5) is 30.7. The Morgan fingerprint density at radius 2 is 2.09 bits per heavy atom. The van der Waals surface area contributed by atoms with Gasteiger partial charge >= 0.3 is 6.18 Å². The van der Waals surface area contributed by atoms with Gasteiger partial charge in [-0.25, -0.2) is 0 Å². The third-order valence-electron chi connectivity index (χ3n) is 6.29. The molecule has 1 saturated heterocycles. The van der Waals surface area contributed by atoms with Crippen LogP contribution in [0.3, 0.4) is 0 Å². The SMILES string of the molecule is CC1OC2(CCNCC2)c2c1n(CC(=O)Nc1ccc(C(F)(F)F)cc1Cl)c1nc(Br)nn1c2=O. The number of aromatic nitrogens is 4. The lowest BCUT2D eigenvalue weighted by atomic mass is 9.86. The summed E-state index contributed by atoms with van der Waals surface area (Å²) in [6, 6.07) is 2.68. The van der Waals surface area contributed by atoms with Crippen molar-refractivity contribution in [3.63, 3.8) is 0 Å². The summed E-state index contributed by atoms with van der Waals surface area (Å²) in [5.41, 5.74) is -1.10. The summed E-state index contributed by atoms with van der Waals surface area (Å²) in [6.07, 6.45) is -3.91. The molecule has 1 unspecified atom stereocenters. The average molecular weight is 576 g/mol. The van der Waals surface area contributed by atoms with Crippen LogP contribution in [0.4, 0.5) is 18.9 Å². The minimum Gasteiger partial charge on any atom is -0.361 e. The zero-order chi connectivity index (χ0) is 25.1. The van der Waals surface area contributed by atoms with Crippen LogP contribution in [0.2, 0.25) is 5.02 Å². The first-order valence-electron chi connectivity index (χ1n) is 10.7. The second-order valence-corrected chi connectivity index (χ2v) is 9.61. The quantitative estimate of drug-likeness (QED) is 0.495. The molecular formula is C21H19BrClF3N6O3. The molecule has 1 atom stereocenters. The van der Waals surface area contributed by atoms with Crippen molar-refractivity contribution in [2.45, 2.75) is 44.2 Å². The molecular weight excluding hydrogens is 557 g/mol. The first-order valence-corrected chi connectivity index (χ1v) is 11.9. The molecule has 2 aliphatic rings.